The molecule has 4 nitrogen and oxygen atoms in total. The van der Waals surface area contributed by atoms with Crippen LogP contribution in [0.15, 0.2) is 18.2 Å². The summed E-state index contributed by atoms with van der Waals surface area (Å²) >= 11 is 0. The number of amides is 1. The summed E-state index contributed by atoms with van der Waals surface area (Å²) < 4.78 is 52.3. The number of aryl methyl sites for hydroxylation is 1. The molecule has 2 aromatic rings. The summed E-state index contributed by atoms with van der Waals surface area (Å²) in [5.74, 6) is -4.75. The minimum Gasteiger partial charge on any atom is -0.352 e. The fourth-order valence-electron chi connectivity index (χ4n) is 4.43. The Morgan fingerprint density at radius 3 is 2.59 bits per heavy atom. The molecule has 4 rings (SSSR count). The SMILES string of the molecule is O=C(CC1CC(F)(F)C1)NCc1ccc2nc(CC[C@H]3CCC(F)(F)C3)[nH]c2c1. The largest absolute Gasteiger partial charge is 0.352 e. The summed E-state index contributed by atoms with van der Waals surface area (Å²) in [7, 11) is 0. The average Bonchev–Trinajstić information content (AvgIpc) is 3.18. The normalized spacial score (nSPS) is 23.2. The fourth-order valence-corrected chi connectivity index (χ4v) is 4.43. The number of halogens is 4. The molecule has 1 amide bonds. The zero-order valence-electron chi connectivity index (χ0n) is 16.1. The Balaban J connectivity index is 1.27. The van der Waals surface area contributed by atoms with Gasteiger partial charge >= 0.3 is 0 Å². The van der Waals surface area contributed by atoms with E-state index in [4.69, 9.17) is 0 Å². The van der Waals surface area contributed by atoms with Gasteiger partial charge in [-0.05, 0) is 42.4 Å². The molecule has 2 N–H and O–H groups in total. The van der Waals surface area contributed by atoms with Gasteiger partial charge in [-0.2, -0.15) is 0 Å². The van der Waals surface area contributed by atoms with E-state index in [2.05, 4.69) is 15.3 Å². The number of alkyl halides is 4. The number of aromatic amines is 1. The molecule has 0 radical (unpaired) electrons. The number of H-pyrrole nitrogens is 1. The van der Waals surface area contributed by atoms with Crippen molar-refractivity contribution in [3.8, 4) is 0 Å². The quantitative estimate of drug-likeness (QED) is 0.631. The number of fused-ring (bicyclic) bond motifs is 1. The van der Waals surface area contributed by atoms with Crippen molar-refractivity contribution in [2.45, 2.75) is 69.8 Å². The lowest BCUT2D eigenvalue weighted by molar-refractivity contribution is -0.133. The number of nitrogens with zero attached hydrogens (tertiary/aromatic N) is 1. The molecular formula is C21H25F4N3O. The number of carbonyl (C=O) groups is 1. The van der Waals surface area contributed by atoms with Gasteiger partial charge < -0.3 is 10.3 Å². The molecule has 1 atom stereocenters. The summed E-state index contributed by atoms with van der Waals surface area (Å²) in [6.45, 7) is 0.323. The molecule has 0 spiro atoms. The number of hydrogen-bond donors (Lipinski definition) is 2. The van der Waals surface area contributed by atoms with Gasteiger partial charge in [0.25, 0.3) is 0 Å². The molecule has 2 aliphatic carbocycles. The number of aromatic nitrogens is 2. The molecule has 8 heteroatoms. The van der Waals surface area contributed by atoms with Crippen LogP contribution in [-0.2, 0) is 17.8 Å². The minimum atomic E-state index is -2.60. The predicted octanol–water partition coefficient (Wildman–Crippen LogP) is 4.98. The molecule has 1 aromatic carbocycles. The van der Waals surface area contributed by atoms with E-state index in [1.54, 1.807) is 0 Å². The van der Waals surface area contributed by atoms with Crippen molar-refractivity contribution in [2.75, 3.05) is 0 Å². The van der Waals surface area contributed by atoms with E-state index in [1.807, 2.05) is 18.2 Å². The first kappa shape index (κ1) is 20.2. The third kappa shape index (κ3) is 5.08. The average molecular weight is 411 g/mol. The smallest absolute Gasteiger partial charge is 0.248 e. The third-order valence-electron chi connectivity index (χ3n) is 6.03. The summed E-state index contributed by atoms with van der Waals surface area (Å²) in [6, 6.07) is 5.61. The molecule has 0 aliphatic heterocycles. The highest BCUT2D eigenvalue weighted by molar-refractivity contribution is 5.78. The molecule has 2 aliphatic rings. The van der Waals surface area contributed by atoms with Crippen LogP contribution in [0.3, 0.4) is 0 Å². The molecule has 1 aromatic heterocycles. The summed E-state index contributed by atoms with van der Waals surface area (Å²) in [4.78, 5) is 19.7. The summed E-state index contributed by atoms with van der Waals surface area (Å²) in [5.41, 5.74) is 2.51. The lowest BCUT2D eigenvalue weighted by Crippen LogP contribution is -2.38. The molecule has 2 fully saturated rings. The van der Waals surface area contributed by atoms with Crippen LogP contribution in [0, 0.1) is 11.8 Å². The Morgan fingerprint density at radius 2 is 1.90 bits per heavy atom. The van der Waals surface area contributed by atoms with Gasteiger partial charge in [0.2, 0.25) is 17.8 Å². The Hall–Kier alpha value is -2.12. The van der Waals surface area contributed by atoms with Gasteiger partial charge in [-0.1, -0.05) is 6.07 Å². The highest BCUT2D eigenvalue weighted by Gasteiger charge is 2.45. The summed E-state index contributed by atoms with van der Waals surface area (Å²) in [5, 5.41) is 2.78. The second kappa shape index (κ2) is 7.61. The Morgan fingerprint density at radius 1 is 1.14 bits per heavy atom. The van der Waals surface area contributed by atoms with Gasteiger partial charge in [-0.15, -0.1) is 0 Å². The number of carbonyl (C=O) groups excluding carboxylic acids is 1. The van der Waals surface area contributed by atoms with Crippen LogP contribution in [0.5, 0.6) is 0 Å². The van der Waals surface area contributed by atoms with Crippen molar-refractivity contribution in [3.63, 3.8) is 0 Å². The van der Waals surface area contributed by atoms with Crippen molar-refractivity contribution < 1.29 is 22.4 Å². The topological polar surface area (TPSA) is 57.8 Å². The van der Waals surface area contributed by atoms with Crippen LogP contribution in [-0.4, -0.2) is 27.7 Å². The number of imidazole rings is 1. The minimum absolute atomic E-state index is 0.0178. The monoisotopic (exact) mass is 411 g/mol. The maximum Gasteiger partial charge on any atom is 0.248 e. The predicted molar refractivity (Wildman–Crippen MR) is 101 cm³/mol. The van der Waals surface area contributed by atoms with Crippen LogP contribution < -0.4 is 5.32 Å². The molecule has 29 heavy (non-hydrogen) atoms. The molecule has 158 valence electrons. The van der Waals surface area contributed by atoms with Gasteiger partial charge in [0.05, 0.1) is 11.0 Å². The van der Waals surface area contributed by atoms with Gasteiger partial charge in [-0.25, -0.2) is 22.5 Å². The van der Waals surface area contributed by atoms with Crippen molar-refractivity contribution in [1.29, 1.82) is 0 Å². The van der Waals surface area contributed by atoms with Crippen LogP contribution in [0.2, 0.25) is 0 Å². The fraction of sp³-hybridized carbons (Fsp3) is 0.619. The molecule has 1 heterocycles. The van der Waals surface area contributed by atoms with Crippen LogP contribution in [0.1, 0.15) is 56.3 Å². The molecular weight excluding hydrogens is 386 g/mol. The zero-order chi connectivity index (χ0) is 20.6. The second-order valence-corrected chi connectivity index (χ2v) is 8.65. The van der Waals surface area contributed by atoms with Crippen LogP contribution >= 0.6 is 0 Å². The van der Waals surface area contributed by atoms with E-state index in [0.717, 1.165) is 22.4 Å². The molecule has 0 unspecified atom stereocenters. The number of nitrogens with one attached hydrogen (secondary N) is 2. The van der Waals surface area contributed by atoms with E-state index >= 15 is 0 Å². The highest BCUT2D eigenvalue weighted by atomic mass is 19.3. The van der Waals surface area contributed by atoms with Gasteiger partial charge in [0.15, 0.2) is 0 Å². The van der Waals surface area contributed by atoms with E-state index < -0.39 is 11.8 Å². The second-order valence-electron chi connectivity index (χ2n) is 8.65. The van der Waals surface area contributed by atoms with Crippen LogP contribution in [0.25, 0.3) is 11.0 Å². The number of hydrogen-bond acceptors (Lipinski definition) is 2. The van der Waals surface area contributed by atoms with E-state index in [-0.39, 0.29) is 49.8 Å². The summed E-state index contributed by atoms with van der Waals surface area (Å²) in [6.07, 6.45) is 1.56. The van der Waals surface area contributed by atoms with E-state index in [1.165, 1.54) is 0 Å². The van der Waals surface area contributed by atoms with Crippen molar-refractivity contribution in [3.05, 3.63) is 29.6 Å². The van der Waals surface area contributed by atoms with E-state index in [0.29, 0.717) is 25.8 Å². The standard InChI is InChI=1S/C21H25F4N3O/c22-20(23)6-5-13(9-20)2-4-18-27-16-3-1-14(7-17(16)28-18)12-26-19(29)8-15-10-21(24,25)11-15/h1,3,7,13,15H,2,4-6,8-12H2,(H,26,29)(H,27,28)/t13-/m0/s1. The lowest BCUT2D eigenvalue weighted by Gasteiger charge is -2.34. The van der Waals surface area contributed by atoms with Gasteiger partial charge in [-0.3, -0.25) is 4.79 Å². The number of benzene rings is 1. The highest BCUT2D eigenvalue weighted by Crippen LogP contribution is 2.44. The Kier molecular flexibility index (Phi) is 5.29. The third-order valence-corrected chi connectivity index (χ3v) is 6.03. The Labute approximate surface area is 166 Å². The van der Waals surface area contributed by atoms with E-state index in [9.17, 15) is 22.4 Å². The number of rotatable bonds is 7. The van der Waals surface area contributed by atoms with Crippen molar-refractivity contribution >= 4 is 16.9 Å². The van der Waals surface area contributed by atoms with Crippen molar-refractivity contribution in [2.24, 2.45) is 11.8 Å². The molecule has 0 saturated heterocycles. The molecule has 0 bridgehead atoms. The first-order valence-corrected chi connectivity index (χ1v) is 10.2. The van der Waals surface area contributed by atoms with Gasteiger partial charge in [0, 0.05) is 45.1 Å². The Bertz CT molecular complexity index is 887. The van der Waals surface area contributed by atoms with Crippen molar-refractivity contribution in [1.82, 2.24) is 15.3 Å². The first-order chi connectivity index (χ1) is 13.7. The molecule has 2 saturated carbocycles. The first-order valence-electron chi connectivity index (χ1n) is 10.2. The maximum absolute atomic E-state index is 13.3. The lowest BCUT2D eigenvalue weighted by atomic mass is 9.79. The van der Waals surface area contributed by atoms with Gasteiger partial charge in [0.1, 0.15) is 5.82 Å². The maximum atomic E-state index is 13.3. The van der Waals surface area contributed by atoms with Crippen LogP contribution in [0.4, 0.5) is 17.6 Å². The zero-order valence-corrected chi connectivity index (χ0v) is 16.1.